The zero-order valence-corrected chi connectivity index (χ0v) is 37.7. The molecular formula is C58H58N2O7. The van der Waals surface area contributed by atoms with Gasteiger partial charge in [0.1, 0.15) is 12.2 Å². The number of amides is 1. The third-order valence-corrected chi connectivity index (χ3v) is 12.5. The standard InChI is InChI=1S/C58H58N2O7/c61-44-57(63,45-64-40-46-22-8-1-9-23-46)55(67-43-49-28-14-4-15-29-49)53(65-41-47-24-10-2-11-25-47)54(66-42-48-26-12-3-13-27-48)56(62)59-36-38-60(39-37-59)58(50-30-16-5-17-31-50,51-32-18-6-19-33-51)52-34-20-7-21-35-52/h1-35,44,53-55,63H,36-43,45H2/t53-,54-,55+,57+/m1/s1. The SMILES string of the molecule is O=C[C@](O)(COCc1ccccc1)[C@@H](OCc1ccccc1)[C@H](OCc1ccccc1)[C@@H](OCc1ccccc1)C(=O)N1CCN(C(c2ccccc2)(c2ccccc2)c2ccccc2)CC1. The van der Waals surface area contributed by atoms with Crippen molar-refractivity contribution >= 4 is 12.2 Å². The predicted molar refractivity (Wildman–Crippen MR) is 260 cm³/mol. The van der Waals surface area contributed by atoms with E-state index in [4.69, 9.17) is 18.9 Å². The molecule has 7 aromatic carbocycles. The van der Waals surface area contributed by atoms with Crippen molar-refractivity contribution in [1.82, 2.24) is 9.80 Å². The molecule has 1 aliphatic heterocycles. The molecule has 0 radical (unpaired) electrons. The van der Waals surface area contributed by atoms with Crippen LogP contribution in [0.15, 0.2) is 212 Å². The molecule has 4 atom stereocenters. The van der Waals surface area contributed by atoms with Gasteiger partial charge in [-0.3, -0.25) is 14.5 Å². The van der Waals surface area contributed by atoms with Gasteiger partial charge in [-0.05, 0) is 38.9 Å². The molecule has 7 aromatic rings. The smallest absolute Gasteiger partial charge is 0.254 e. The number of hydrogen-bond donors (Lipinski definition) is 1. The molecule has 67 heavy (non-hydrogen) atoms. The second-order valence-electron chi connectivity index (χ2n) is 16.9. The molecule has 0 spiro atoms. The van der Waals surface area contributed by atoms with Crippen molar-refractivity contribution in [3.63, 3.8) is 0 Å². The first kappa shape index (κ1) is 47.0. The Morgan fingerprint density at radius 3 is 1.25 bits per heavy atom. The van der Waals surface area contributed by atoms with Crippen molar-refractivity contribution in [3.8, 4) is 0 Å². The van der Waals surface area contributed by atoms with Gasteiger partial charge in [-0.2, -0.15) is 0 Å². The lowest BCUT2D eigenvalue weighted by Crippen LogP contribution is -2.63. The number of aliphatic hydroxyl groups is 1. The van der Waals surface area contributed by atoms with Crippen LogP contribution in [-0.4, -0.2) is 83.8 Å². The van der Waals surface area contributed by atoms with Crippen molar-refractivity contribution in [2.75, 3.05) is 32.8 Å². The van der Waals surface area contributed by atoms with Crippen LogP contribution in [-0.2, 0) is 60.5 Å². The number of carbonyl (C=O) groups excluding carboxylic acids is 2. The molecule has 0 saturated carbocycles. The summed E-state index contributed by atoms with van der Waals surface area (Å²) in [6.07, 6.45) is -3.62. The van der Waals surface area contributed by atoms with Crippen LogP contribution in [0.2, 0.25) is 0 Å². The Morgan fingerprint density at radius 2 is 0.851 bits per heavy atom. The van der Waals surface area contributed by atoms with Crippen molar-refractivity contribution in [1.29, 1.82) is 0 Å². The molecule has 0 unspecified atom stereocenters. The molecule has 1 amide bonds. The van der Waals surface area contributed by atoms with Gasteiger partial charge in [-0.25, -0.2) is 0 Å². The minimum atomic E-state index is -2.28. The van der Waals surface area contributed by atoms with Crippen molar-refractivity contribution in [2.24, 2.45) is 0 Å². The van der Waals surface area contributed by atoms with E-state index in [2.05, 4.69) is 77.7 Å². The third kappa shape index (κ3) is 11.5. The van der Waals surface area contributed by atoms with Crippen LogP contribution < -0.4 is 0 Å². The first-order valence-corrected chi connectivity index (χ1v) is 23.0. The van der Waals surface area contributed by atoms with Gasteiger partial charge < -0.3 is 29.0 Å². The van der Waals surface area contributed by atoms with E-state index in [0.29, 0.717) is 32.5 Å². The van der Waals surface area contributed by atoms with E-state index in [1.807, 2.05) is 144 Å². The van der Waals surface area contributed by atoms with Crippen LogP contribution in [0.5, 0.6) is 0 Å². The summed E-state index contributed by atoms with van der Waals surface area (Å²) < 4.78 is 26.4. The summed E-state index contributed by atoms with van der Waals surface area (Å²) in [7, 11) is 0. The van der Waals surface area contributed by atoms with Crippen LogP contribution in [0.3, 0.4) is 0 Å². The quantitative estimate of drug-likeness (QED) is 0.0533. The minimum absolute atomic E-state index is 0.00432. The van der Waals surface area contributed by atoms with Gasteiger partial charge in [-0.1, -0.05) is 212 Å². The number of piperazine rings is 1. The van der Waals surface area contributed by atoms with Crippen molar-refractivity contribution in [3.05, 3.63) is 251 Å². The van der Waals surface area contributed by atoms with Crippen LogP contribution in [0.4, 0.5) is 0 Å². The van der Waals surface area contributed by atoms with E-state index < -0.39 is 36.1 Å². The zero-order valence-electron chi connectivity index (χ0n) is 37.7. The highest BCUT2D eigenvalue weighted by molar-refractivity contribution is 5.82. The number of aldehydes is 1. The second kappa shape index (κ2) is 23.3. The lowest BCUT2D eigenvalue weighted by atomic mass is 9.75. The molecule has 0 aromatic heterocycles. The summed E-state index contributed by atoms with van der Waals surface area (Å²) in [5.41, 5.74) is 3.73. The zero-order chi connectivity index (χ0) is 46.2. The first-order valence-electron chi connectivity index (χ1n) is 23.0. The van der Waals surface area contributed by atoms with Crippen LogP contribution in [0.1, 0.15) is 38.9 Å². The molecule has 0 bridgehead atoms. The fourth-order valence-electron chi connectivity index (χ4n) is 9.07. The normalized spacial score (nSPS) is 15.5. The third-order valence-electron chi connectivity index (χ3n) is 12.5. The summed E-state index contributed by atoms with van der Waals surface area (Å²) in [6.45, 7) is 1.54. The van der Waals surface area contributed by atoms with Gasteiger partial charge in [-0.15, -0.1) is 0 Å². The number of ether oxygens (including phenoxy) is 4. The van der Waals surface area contributed by atoms with E-state index in [1.165, 1.54) is 0 Å². The first-order chi connectivity index (χ1) is 33.0. The van der Waals surface area contributed by atoms with Crippen LogP contribution in [0.25, 0.3) is 0 Å². The Labute approximate surface area is 394 Å². The van der Waals surface area contributed by atoms with E-state index in [1.54, 1.807) is 0 Å². The number of benzene rings is 7. The van der Waals surface area contributed by atoms with E-state index >= 15 is 4.79 Å². The molecular weight excluding hydrogens is 837 g/mol. The molecule has 9 heteroatoms. The van der Waals surface area contributed by atoms with Gasteiger partial charge in [0.05, 0.1) is 38.6 Å². The molecule has 1 fully saturated rings. The molecule has 1 aliphatic rings. The molecule has 1 N–H and O–H groups in total. The average Bonchev–Trinajstić information content (AvgIpc) is 3.40. The summed E-state index contributed by atoms with van der Waals surface area (Å²) >= 11 is 0. The Morgan fingerprint density at radius 1 is 0.493 bits per heavy atom. The van der Waals surface area contributed by atoms with Crippen molar-refractivity contribution in [2.45, 2.75) is 55.9 Å². The molecule has 9 nitrogen and oxygen atoms in total. The van der Waals surface area contributed by atoms with Gasteiger partial charge >= 0.3 is 0 Å². The number of hydrogen-bond acceptors (Lipinski definition) is 8. The Kier molecular flexibility index (Phi) is 16.3. The predicted octanol–water partition coefficient (Wildman–Crippen LogP) is 9.03. The lowest BCUT2D eigenvalue weighted by Gasteiger charge is -2.49. The maximum Gasteiger partial charge on any atom is 0.254 e. The topological polar surface area (TPSA) is 97.8 Å². The number of nitrogens with zero attached hydrogens (tertiary/aromatic N) is 2. The maximum atomic E-state index is 15.6. The monoisotopic (exact) mass is 894 g/mol. The summed E-state index contributed by atoms with van der Waals surface area (Å²) in [5.74, 6) is -0.342. The van der Waals surface area contributed by atoms with E-state index in [9.17, 15) is 9.90 Å². The van der Waals surface area contributed by atoms with E-state index in [-0.39, 0.29) is 32.3 Å². The highest BCUT2D eigenvalue weighted by atomic mass is 16.6. The lowest BCUT2D eigenvalue weighted by molar-refractivity contribution is -0.218. The fourth-order valence-corrected chi connectivity index (χ4v) is 9.07. The van der Waals surface area contributed by atoms with Crippen molar-refractivity contribution < 1.29 is 33.6 Å². The fraction of sp³-hybridized carbons (Fsp3) is 0.241. The van der Waals surface area contributed by atoms with Crippen LogP contribution >= 0.6 is 0 Å². The van der Waals surface area contributed by atoms with Crippen LogP contribution in [0, 0.1) is 0 Å². The minimum Gasteiger partial charge on any atom is -0.377 e. The molecule has 1 heterocycles. The Hall–Kier alpha value is -6.56. The van der Waals surface area contributed by atoms with Gasteiger partial charge in [0.2, 0.25) is 0 Å². The summed E-state index contributed by atoms with van der Waals surface area (Å²) in [6, 6.07) is 69.8. The van der Waals surface area contributed by atoms with Gasteiger partial charge in [0, 0.05) is 26.2 Å². The average molecular weight is 895 g/mol. The molecule has 342 valence electrons. The molecule has 1 saturated heterocycles. The molecule has 0 aliphatic carbocycles. The van der Waals surface area contributed by atoms with Gasteiger partial charge in [0.25, 0.3) is 5.91 Å². The maximum absolute atomic E-state index is 15.6. The van der Waals surface area contributed by atoms with Gasteiger partial charge in [0.15, 0.2) is 18.0 Å². The number of rotatable bonds is 22. The summed E-state index contributed by atoms with van der Waals surface area (Å²) in [5, 5.41) is 12.6. The largest absolute Gasteiger partial charge is 0.377 e. The highest BCUT2D eigenvalue weighted by Crippen LogP contribution is 2.43. The highest BCUT2D eigenvalue weighted by Gasteiger charge is 2.51. The second-order valence-corrected chi connectivity index (χ2v) is 16.9. The van der Waals surface area contributed by atoms with E-state index in [0.717, 1.165) is 38.9 Å². The Bertz CT molecular complexity index is 2430. The Balaban J connectivity index is 1.16. The molecule has 8 rings (SSSR count). The number of carbonyl (C=O) groups is 2. The summed E-state index contributed by atoms with van der Waals surface area (Å²) in [4.78, 5) is 33.3.